The molecule has 2 aromatic heterocycles. The molecule has 0 saturated carbocycles. The monoisotopic (exact) mass is 491 g/mol. The third-order valence-electron chi connectivity index (χ3n) is 5.88. The van der Waals surface area contributed by atoms with E-state index in [1.807, 2.05) is 31.2 Å². The maximum atomic E-state index is 12.7. The molecule has 4 aromatic rings. The highest BCUT2D eigenvalue weighted by Crippen LogP contribution is 2.34. The number of pyridine rings is 1. The molecular weight excluding hydrogens is 466 g/mol. The molecule has 0 aliphatic carbocycles. The minimum Gasteiger partial charge on any atom is -0.492 e. The van der Waals surface area contributed by atoms with Crippen molar-refractivity contribution in [1.82, 2.24) is 20.1 Å². The summed E-state index contributed by atoms with van der Waals surface area (Å²) in [4.78, 5) is 19.7. The lowest BCUT2D eigenvalue weighted by Crippen LogP contribution is -2.18. The molecule has 0 unspecified atom stereocenters. The van der Waals surface area contributed by atoms with E-state index in [9.17, 15) is 4.79 Å². The normalized spacial score (nSPS) is 13.8. The number of halogens is 1. The van der Waals surface area contributed by atoms with Crippen molar-refractivity contribution in [2.45, 2.75) is 26.3 Å². The number of fused-ring (bicyclic) bond motifs is 1. The number of H-pyrrole nitrogens is 1. The molecule has 1 aliphatic rings. The first-order chi connectivity index (χ1) is 17.1. The minimum absolute atomic E-state index is 0.282. The highest BCUT2D eigenvalue weighted by molar-refractivity contribution is 6.32. The second-order valence-electron chi connectivity index (χ2n) is 8.38. The van der Waals surface area contributed by atoms with E-state index in [0.717, 1.165) is 19.6 Å². The molecule has 2 aromatic carbocycles. The van der Waals surface area contributed by atoms with E-state index in [1.165, 1.54) is 18.4 Å². The zero-order valence-corrected chi connectivity index (χ0v) is 20.1. The van der Waals surface area contributed by atoms with Gasteiger partial charge in [-0.15, -0.1) is 0 Å². The lowest BCUT2D eigenvalue weighted by atomic mass is 10.1. The highest BCUT2D eigenvalue weighted by atomic mass is 35.5. The molecule has 0 radical (unpaired) electrons. The number of nitrogens with zero attached hydrogens (tertiary/aromatic N) is 3. The zero-order valence-electron chi connectivity index (χ0n) is 19.4. The Bertz CT molecular complexity index is 1400. The Morgan fingerprint density at radius 1 is 1.11 bits per heavy atom. The summed E-state index contributed by atoms with van der Waals surface area (Å²) in [7, 11) is 0. The van der Waals surface area contributed by atoms with Crippen molar-refractivity contribution in [2.75, 3.05) is 25.0 Å². The zero-order chi connectivity index (χ0) is 24.2. The number of aromatic amines is 1. The molecule has 1 saturated heterocycles. The van der Waals surface area contributed by atoms with Crippen LogP contribution in [-0.4, -0.2) is 39.8 Å². The van der Waals surface area contributed by atoms with E-state index in [2.05, 4.69) is 31.5 Å². The van der Waals surface area contributed by atoms with Crippen LogP contribution in [0, 0.1) is 0 Å². The first kappa shape index (κ1) is 23.1. The molecule has 8 nitrogen and oxygen atoms in total. The SMILES string of the molecule is CCOc1cc(CN2CCCC2)ccc1Nc1nc(Oc2ccccc2Cl)cc2cn[nH]c(=O)c12. The second kappa shape index (κ2) is 10.3. The Kier molecular flexibility index (Phi) is 6.83. The summed E-state index contributed by atoms with van der Waals surface area (Å²) in [5.74, 6) is 1.78. The average molecular weight is 492 g/mol. The predicted molar refractivity (Wildman–Crippen MR) is 137 cm³/mol. The van der Waals surface area contributed by atoms with Crippen LogP contribution in [0.3, 0.4) is 0 Å². The van der Waals surface area contributed by atoms with Crippen LogP contribution < -0.4 is 20.3 Å². The Morgan fingerprint density at radius 2 is 1.94 bits per heavy atom. The summed E-state index contributed by atoms with van der Waals surface area (Å²) in [6.07, 6.45) is 4.05. The van der Waals surface area contributed by atoms with Gasteiger partial charge in [0.25, 0.3) is 5.56 Å². The fourth-order valence-electron chi connectivity index (χ4n) is 4.25. The number of hydrogen-bond donors (Lipinski definition) is 2. The number of para-hydroxylation sites is 1. The van der Waals surface area contributed by atoms with Gasteiger partial charge in [-0.3, -0.25) is 9.69 Å². The quantitative estimate of drug-likeness (QED) is 0.336. The van der Waals surface area contributed by atoms with Gasteiger partial charge in [-0.25, -0.2) is 5.10 Å². The number of aromatic nitrogens is 3. The molecule has 35 heavy (non-hydrogen) atoms. The van der Waals surface area contributed by atoms with Gasteiger partial charge in [-0.2, -0.15) is 10.1 Å². The second-order valence-corrected chi connectivity index (χ2v) is 8.78. The summed E-state index contributed by atoms with van der Waals surface area (Å²) < 4.78 is 11.9. The number of likely N-dealkylation sites (tertiary alicyclic amines) is 1. The number of hydrogen-bond acceptors (Lipinski definition) is 7. The van der Waals surface area contributed by atoms with E-state index in [4.69, 9.17) is 21.1 Å². The van der Waals surface area contributed by atoms with E-state index in [0.29, 0.717) is 45.4 Å². The fraction of sp³-hybridized carbons (Fsp3) is 0.269. The van der Waals surface area contributed by atoms with Crippen molar-refractivity contribution in [3.05, 3.63) is 75.7 Å². The summed E-state index contributed by atoms with van der Waals surface area (Å²) in [6, 6.07) is 14.9. The molecule has 0 amide bonds. The van der Waals surface area contributed by atoms with E-state index >= 15 is 0 Å². The number of rotatable bonds is 8. The maximum Gasteiger partial charge on any atom is 0.275 e. The Hall–Kier alpha value is -3.62. The van der Waals surface area contributed by atoms with Gasteiger partial charge in [-0.05, 0) is 62.7 Å². The van der Waals surface area contributed by atoms with Gasteiger partial charge in [0.2, 0.25) is 5.88 Å². The third kappa shape index (κ3) is 5.23. The van der Waals surface area contributed by atoms with Crippen LogP contribution in [0.5, 0.6) is 17.4 Å². The first-order valence-corrected chi connectivity index (χ1v) is 12.0. The van der Waals surface area contributed by atoms with Gasteiger partial charge in [0.15, 0.2) is 0 Å². The average Bonchev–Trinajstić information content (AvgIpc) is 3.35. The van der Waals surface area contributed by atoms with Crippen molar-refractivity contribution in [1.29, 1.82) is 0 Å². The van der Waals surface area contributed by atoms with Gasteiger partial charge in [0.05, 0.1) is 28.9 Å². The number of benzene rings is 2. The van der Waals surface area contributed by atoms with Gasteiger partial charge in [-0.1, -0.05) is 29.8 Å². The molecule has 1 aliphatic heterocycles. The van der Waals surface area contributed by atoms with E-state index in [1.54, 1.807) is 24.4 Å². The van der Waals surface area contributed by atoms with Crippen molar-refractivity contribution >= 4 is 33.9 Å². The minimum atomic E-state index is -0.356. The Balaban J connectivity index is 1.52. The molecular formula is C26H26ClN5O3. The summed E-state index contributed by atoms with van der Waals surface area (Å²) in [6.45, 7) is 5.58. The molecule has 1 fully saturated rings. The standard InChI is InChI=1S/C26H26ClN5O3/c1-2-34-22-13-17(16-32-11-5-6-12-32)9-10-20(22)29-25-24-18(15-28-31-26(24)33)14-23(30-25)35-21-8-4-3-7-19(21)27/h3-4,7-10,13-15H,2,5-6,11-12,16H2,1H3,(H,29,30)(H,31,33). The van der Waals surface area contributed by atoms with Crippen molar-refractivity contribution in [2.24, 2.45) is 0 Å². The van der Waals surface area contributed by atoms with Gasteiger partial charge in [0.1, 0.15) is 17.3 Å². The first-order valence-electron chi connectivity index (χ1n) is 11.7. The van der Waals surface area contributed by atoms with Gasteiger partial charge < -0.3 is 14.8 Å². The molecule has 180 valence electrons. The van der Waals surface area contributed by atoms with Crippen LogP contribution in [0.25, 0.3) is 10.8 Å². The topological polar surface area (TPSA) is 92.4 Å². The maximum absolute atomic E-state index is 12.7. The lowest BCUT2D eigenvalue weighted by molar-refractivity contribution is 0.326. The Labute approximate surface area is 207 Å². The van der Waals surface area contributed by atoms with Crippen LogP contribution in [0.15, 0.2) is 59.5 Å². The summed E-state index contributed by atoms with van der Waals surface area (Å²) >= 11 is 6.26. The van der Waals surface area contributed by atoms with Crippen LogP contribution in [0.1, 0.15) is 25.3 Å². The molecule has 0 atom stereocenters. The fourth-order valence-corrected chi connectivity index (χ4v) is 4.42. The largest absolute Gasteiger partial charge is 0.492 e. The summed E-state index contributed by atoms with van der Waals surface area (Å²) in [5, 5.41) is 11.1. The third-order valence-corrected chi connectivity index (χ3v) is 6.19. The van der Waals surface area contributed by atoms with Crippen molar-refractivity contribution in [3.63, 3.8) is 0 Å². The van der Waals surface area contributed by atoms with E-state index in [-0.39, 0.29) is 11.4 Å². The van der Waals surface area contributed by atoms with Crippen LogP contribution in [0.4, 0.5) is 11.5 Å². The van der Waals surface area contributed by atoms with E-state index < -0.39 is 0 Å². The molecule has 0 bridgehead atoms. The number of nitrogens with one attached hydrogen (secondary N) is 2. The number of anilines is 2. The van der Waals surface area contributed by atoms with Gasteiger partial charge >= 0.3 is 0 Å². The highest BCUT2D eigenvalue weighted by Gasteiger charge is 2.16. The molecule has 2 N–H and O–H groups in total. The predicted octanol–water partition coefficient (Wildman–Crippen LogP) is 5.50. The number of ether oxygens (including phenoxy) is 2. The van der Waals surface area contributed by atoms with Crippen molar-refractivity contribution in [3.8, 4) is 17.4 Å². The van der Waals surface area contributed by atoms with Crippen LogP contribution in [0.2, 0.25) is 5.02 Å². The molecule has 3 heterocycles. The molecule has 0 spiro atoms. The van der Waals surface area contributed by atoms with Crippen LogP contribution >= 0.6 is 11.6 Å². The van der Waals surface area contributed by atoms with Crippen LogP contribution in [-0.2, 0) is 6.54 Å². The molecule has 9 heteroatoms. The smallest absolute Gasteiger partial charge is 0.275 e. The Morgan fingerprint density at radius 3 is 2.74 bits per heavy atom. The van der Waals surface area contributed by atoms with Gasteiger partial charge in [0, 0.05) is 18.0 Å². The summed E-state index contributed by atoms with van der Waals surface area (Å²) in [5.41, 5.74) is 1.53. The molecule has 5 rings (SSSR count). The van der Waals surface area contributed by atoms with Crippen molar-refractivity contribution < 1.29 is 9.47 Å². The lowest BCUT2D eigenvalue weighted by Gasteiger charge is -2.18.